The van der Waals surface area contributed by atoms with E-state index in [1.165, 1.54) is 5.56 Å². The highest BCUT2D eigenvalue weighted by Gasteiger charge is 2.32. The summed E-state index contributed by atoms with van der Waals surface area (Å²) in [6.45, 7) is 2.61. The fraction of sp³-hybridized carbons (Fsp3) is 0.278. The van der Waals surface area contributed by atoms with Gasteiger partial charge in [0.2, 0.25) is 5.91 Å². The van der Waals surface area contributed by atoms with E-state index in [4.69, 9.17) is 11.6 Å². The lowest BCUT2D eigenvalue weighted by molar-refractivity contribution is -0.123. The van der Waals surface area contributed by atoms with Crippen molar-refractivity contribution in [2.24, 2.45) is 0 Å². The van der Waals surface area contributed by atoms with Crippen LogP contribution in [0.4, 0.5) is 5.69 Å². The van der Waals surface area contributed by atoms with Gasteiger partial charge in [-0.25, -0.2) is 10.9 Å². The number of carbonyl (C=O) groups excluding carboxylic acids is 1. The van der Waals surface area contributed by atoms with Gasteiger partial charge in [-0.15, -0.1) is 0 Å². The van der Waals surface area contributed by atoms with Gasteiger partial charge in [-0.2, -0.15) is 5.53 Å². The second-order valence-corrected chi connectivity index (χ2v) is 6.35. The zero-order valence-electron chi connectivity index (χ0n) is 14.0. The van der Waals surface area contributed by atoms with E-state index >= 15 is 0 Å². The van der Waals surface area contributed by atoms with Gasteiger partial charge in [-0.1, -0.05) is 48.9 Å². The van der Waals surface area contributed by atoms with Crippen molar-refractivity contribution < 1.29 is 4.79 Å². The van der Waals surface area contributed by atoms with Crippen LogP contribution in [0.25, 0.3) is 0 Å². The molecule has 0 aliphatic carbocycles. The van der Waals surface area contributed by atoms with Crippen LogP contribution >= 0.6 is 11.6 Å². The topological polar surface area (TPSA) is 77.2 Å². The molecule has 2 unspecified atom stereocenters. The highest BCUT2D eigenvalue weighted by atomic mass is 35.5. The van der Waals surface area contributed by atoms with Gasteiger partial charge in [0.05, 0.1) is 0 Å². The van der Waals surface area contributed by atoms with E-state index in [2.05, 4.69) is 46.1 Å². The Labute approximate surface area is 152 Å². The molecule has 1 aliphatic heterocycles. The molecular formula is C18H22ClN5O. The van der Waals surface area contributed by atoms with Crippen LogP contribution in [0.3, 0.4) is 0 Å². The molecule has 132 valence electrons. The summed E-state index contributed by atoms with van der Waals surface area (Å²) in [5, 5.41) is 6.84. The second kappa shape index (κ2) is 8.31. The molecule has 0 radical (unpaired) electrons. The smallest absolute Gasteiger partial charge is 0.242 e. The van der Waals surface area contributed by atoms with Crippen LogP contribution in [-0.2, 0) is 17.8 Å². The molecular weight excluding hydrogens is 338 g/mol. The van der Waals surface area contributed by atoms with E-state index < -0.39 is 6.04 Å². The predicted molar refractivity (Wildman–Crippen MR) is 99.7 cm³/mol. The summed E-state index contributed by atoms with van der Waals surface area (Å²) in [4.78, 5) is 12.5. The summed E-state index contributed by atoms with van der Waals surface area (Å²) in [6, 6.07) is 15.2. The van der Waals surface area contributed by atoms with Crippen molar-refractivity contribution in [3.8, 4) is 0 Å². The molecule has 0 spiro atoms. The van der Waals surface area contributed by atoms with E-state index in [-0.39, 0.29) is 12.1 Å². The average molecular weight is 360 g/mol. The van der Waals surface area contributed by atoms with Gasteiger partial charge >= 0.3 is 0 Å². The number of hydrogen-bond acceptors (Lipinski definition) is 5. The molecule has 7 heteroatoms. The minimum Gasteiger partial charge on any atom is -0.367 e. The van der Waals surface area contributed by atoms with Crippen molar-refractivity contribution in [3.63, 3.8) is 0 Å². The van der Waals surface area contributed by atoms with Gasteiger partial charge in [0.1, 0.15) is 12.2 Å². The zero-order valence-corrected chi connectivity index (χ0v) is 14.7. The first-order valence-electron chi connectivity index (χ1n) is 8.29. The number of anilines is 1. The Bertz CT molecular complexity index is 722. The van der Waals surface area contributed by atoms with Gasteiger partial charge in [0.25, 0.3) is 0 Å². The molecule has 3 rings (SSSR count). The molecule has 1 saturated heterocycles. The van der Waals surface area contributed by atoms with E-state index in [9.17, 15) is 4.79 Å². The largest absolute Gasteiger partial charge is 0.367 e. The number of rotatable bonds is 6. The standard InChI is InChI=1S/C18H22ClN5O/c1-2-12-6-8-13(9-7-12)11-20-18(25)16-17(23-24-22-16)21-15-5-3-4-14(19)10-15/h3-10,16-17,21-24H,2,11H2,1H3,(H,20,25). The molecule has 2 aromatic carbocycles. The van der Waals surface area contributed by atoms with Crippen molar-refractivity contribution in [3.05, 3.63) is 64.7 Å². The lowest BCUT2D eigenvalue weighted by atomic mass is 10.1. The SMILES string of the molecule is CCc1ccc(CNC(=O)C2NNNC2Nc2cccc(Cl)c2)cc1. The summed E-state index contributed by atoms with van der Waals surface area (Å²) in [6.07, 6.45) is 0.702. The molecule has 25 heavy (non-hydrogen) atoms. The predicted octanol–water partition coefficient (Wildman–Crippen LogP) is 1.94. The maximum absolute atomic E-state index is 12.5. The monoisotopic (exact) mass is 359 g/mol. The first kappa shape index (κ1) is 17.7. The fourth-order valence-corrected chi connectivity index (χ4v) is 2.84. The Morgan fingerprint density at radius 2 is 1.88 bits per heavy atom. The normalized spacial score (nSPS) is 19.6. The molecule has 2 atom stereocenters. The molecule has 2 aromatic rings. The Kier molecular flexibility index (Phi) is 5.88. The van der Waals surface area contributed by atoms with Gasteiger partial charge in [-0.05, 0) is 35.7 Å². The maximum atomic E-state index is 12.5. The first-order valence-corrected chi connectivity index (χ1v) is 8.67. The van der Waals surface area contributed by atoms with Crippen LogP contribution < -0.4 is 27.0 Å². The van der Waals surface area contributed by atoms with Crippen LogP contribution in [0.2, 0.25) is 5.02 Å². The van der Waals surface area contributed by atoms with E-state index in [0.29, 0.717) is 11.6 Å². The Balaban J connectivity index is 1.56. The third-order valence-corrected chi connectivity index (χ3v) is 4.35. The minimum absolute atomic E-state index is 0.100. The summed E-state index contributed by atoms with van der Waals surface area (Å²) >= 11 is 6.00. The number of amides is 1. The second-order valence-electron chi connectivity index (χ2n) is 5.91. The molecule has 5 N–H and O–H groups in total. The van der Waals surface area contributed by atoms with Crippen molar-refractivity contribution in [1.29, 1.82) is 0 Å². The Hall–Kier alpha value is -2.12. The quantitative estimate of drug-likeness (QED) is 0.545. The Morgan fingerprint density at radius 3 is 2.60 bits per heavy atom. The molecule has 1 amide bonds. The number of aryl methyl sites for hydroxylation is 1. The van der Waals surface area contributed by atoms with Crippen molar-refractivity contribution in [2.75, 3.05) is 5.32 Å². The van der Waals surface area contributed by atoms with Gasteiger partial charge in [0.15, 0.2) is 0 Å². The van der Waals surface area contributed by atoms with E-state index in [1.54, 1.807) is 6.07 Å². The summed E-state index contributed by atoms with van der Waals surface area (Å²) < 4.78 is 0. The number of carbonyl (C=O) groups is 1. The summed E-state index contributed by atoms with van der Waals surface area (Å²) in [7, 11) is 0. The lowest BCUT2D eigenvalue weighted by Crippen LogP contribution is -2.50. The van der Waals surface area contributed by atoms with Crippen molar-refractivity contribution in [2.45, 2.75) is 32.1 Å². The van der Waals surface area contributed by atoms with Crippen molar-refractivity contribution >= 4 is 23.2 Å². The van der Waals surface area contributed by atoms with E-state index in [0.717, 1.165) is 17.7 Å². The lowest BCUT2D eigenvalue weighted by Gasteiger charge is -2.20. The number of benzene rings is 2. The molecule has 0 saturated carbocycles. The molecule has 1 fully saturated rings. The fourth-order valence-electron chi connectivity index (χ4n) is 2.65. The average Bonchev–Trinajstić information content (AvgIpc) is 3.08. The van der Waals surface area contributed by atoms with Crippen molar-refractivity contribution in [1.82, 2.24) is 21.7 Å². The van der Waals surface area contributed by atoms with E-state index in [1.807, 2.05) is 30.3 Å². The highest BCUT2D eigenvalue weighted by Crippen LogP contribution is 2.16. The van der Waals surface area contributed by atoms with Gasteiger partial charge in [0, 0.05) is 17.3 Å². The number of halogens is 1. The number of nitrogens with one attached hydrogen (secondary N) is 5. The highest BCUT2D eigenvalue weighted by molar-refractivity contribution is 6.30. The number of hydrazine groups is 2. The molecule has 1 heterocycles. The van der Waals surface area contributed by atoms with Gasteiger partial charge < -0.3 is 10.6 Å². The molecule has 0 aromatic heterocycles. The minimum atomic E-state index is -0.464. The molecule has 6 nitrogen and oxygen atoms in total. The van der Waals surface area contributed by atoms with Crippen LogP contribution in [-0.4, -0.2) is 18.1 Å². The molecule has 0 bridgehead atoms. The molecule has 1 aliphatic rings. The maximum Gasteiger partial charge on any atom is 0.242 e. The first-order chi connectivity index (χ1) is 12.2. The zero-order chi connectivity index (χ0) is 17.6. The van der Waals surface area contributed by atoms with Gasteiger partial charge in [-0.3, -0.25) is 4.79 Å². The third kappa shape index (κ3) is 4.70. The third-order valence-electron chi connectivity index (χ3n) is 4.12. The Morgan fingerprint density at radius 1 is 1.12 bits per heavy atom. The van der Waals surface area contributed by atoms with Crippen LogP contribution in [0, 0.1) is 0 Å². The van der Waals surface area contributed by atoms with Crippen LogP contribution in [0.5, 0.6) is 0 Å². The van der Waals surface area contributed by atoms with Crippen LogP contribution in [0.15, 0.2) is 48.5 Å². The summed E-state index contributed by atoms with van der Waals surface area (Å²) in [5.41, 5.74) is 11.9. The summed E-state index contributed by atoms with van der Waals surface area (Å²) in [5.74, 6) is -0.100. The van der Waals surface area contributed by atoms with Crippen LogP contribution in [0.1, 0.15) is 18.1 Å². The number of hydrogen-bond donors (Lipinski definition) is 5.